The quantitative estimate of drug-likeness (QED) is 0.755. The first-order valence-corrected chi connectivity index (χ1v) is 11.6. The zero-order valence-electron chi connectivity index (χ0n) is 16.7. The number of carbonyl (C=O) groups excluding carboxylic acids is 1. The van der Waals surface area contributed by atoms with Crippen molar-refractivity contribution in [2.24, 2.45) is 0 Å². The molecule has 156 valence electrons. The van der Waals surface area contributed by atoms with Crippen LogP contribution in [0.25, 0.3) is 0 Å². The van der Waals surface area contributed by atoms with Gasteiger partial charge in [-0.3, -0.25) is 9.69 Å². The van der Waals surface area contributed by atoms with Crippen LogP contribution in [0.5, 0.6) is 0 Å². The van der Waals surface area contributed by atoms with Gasteiger partial charge in [-0.25, -0.2) is 8.42 Å². The van der Waals surface area contributed by atoms with Crippen LogP contribution in [0.15, 0.2) is 42.5 Å². The molecule has 6 nitrogen and oxygen atoms in total. The average molecular weight is 436 g/mol. The van der Waals surface area contributed by atoms with Crippen molar-refractivity contribution in [2.75, 3.05) is 37.2 Å². The van der Waals surface area contributed by atoms with Crippen molar-refractivity contribution in [1.29, 1.82) is 0 Å². The Kier molecular flexibility index (Phi) is 6.95. The second kappa shape index (κ2) is 9.26. The summed E-state index contributed by atoms with van der Waals surface area (Å²) >= 11 is 6.13. The third kappa shape index (κ3) is 5.57. The molecule has 1 N–H and O–H groups in total. The highest BCUT2D eigenvalue weighted by Crippen LogP contribution is 2.21. The number of aryl methyl sites for hydroxylation is 1. The van der Waals surface area contributed by atoms with E-state index in [1.807, 2.05) is 37.3 Å². The Morgan fingerprint density at radius 3 is 2.48 bits per heavy atom. The summed E-state index contributed by atoms with van der Waals surface area (Å²) in [5.74, 6) is -0.0540. The van der Waals surface area contributed by atoms with E-state index in [4.69, 9.17) is 11.6 Å². The van der Waals surface area contributed by atoms with Gasteiger partial charge >= 0.3 is 0 Å². The summed E-state index contributed by atoms with van der Waals surface area (Å²) in [4.78, 5) is 14.8. The van der Waals surface area contributed by atoms with Gasteiger partial charge in [0.25, 0.3) is 5.91 Å². The molecule has 8 heteroatoms. The molecule has 1 aliphatic heterocycles. The number of nitrogens with zero attached hydrogens (tertiary/aromatic N) is 2. The SMILES string of the molecule is CCS(=O)(=O)N1CCN(Cc2cccc(C(=O)Nc3ccc(C)c(Cl)c3)c2)CC1. The number of carbonyl (C=O) groups is 1. The highest BCUT2D eigenvalue weighted by molar-refractivity contribution is 7.89. The summed E-state index contributed by atoms with van der Waals surface area (Å²) in [6.07, 6.45) is 0. The molecular weight excluding hydrogens is 410 g/mol. The fourth-order valence-electron chi connectivity index (χ4n) is 3.29. The monoisotopic (exact) mass is 435 g/mol. The molecule has 2 aromatic rings. The molecule has 0 spiro atoms. The summed E-state index contributed by atoms with van der Waals surface area (Å²) in [7, 11) is -3.13. The normalized spacial score (nSPS) is 16.0. The van der Waals surface area contributed by atoms with E-state index in [9.17, 15) is 13.2 Å². The van der Waals surface area contributed by atoms with Crippen molar-refractivity contribution in [3.8, 4) is 0 Å². The summed E-state index contributed by atoms with van der Waals surface area (Å²) in [6, 6.07) is 12.9. The molecular formula is C21H26ClN3O3S. The zero-order chi connectivity index (χ0) is 21.0. The van der Waals surface area contributed by atoms with E-state index in [0.29, 0.717) is 49.0 Å². The maximum Gasteiger partial charge on any atom is 0.255 e. The molecule has 1 aliphatic rings. The van der Waals surface area contributed by atoms with Gasteiger partial charge in [-0.2, -0.15) is 4.31 Å². The van der Waals surface area contributed by atoms with E-state index in [1.165, 1.54) is 0 Å². The van der Waals surface area contributed by atoms with Crippen LogP contribution in [0.4, 0.5) is 5.69 Å². The molecule has 1 heterocycles. The fourth-order valence-corrected chi connectivity index (χ4v) is 4.56. The molecule has 0 radical (unpaired) electrons. The van der Waals surface area contributed by atoms with Crippen molar-refractivity contribution in [1.82, 2.24) is 9.21 Å². The molecule has 1 fully saturated rings. The fraction of sp³-hybridized carbons (Fsp3) is 0.381. The highest BCUT2D eigenvalue weighted by atomic mass is 35.5. The van der Waals surface area contributed by atoms with Crippen LogP contribution in [-0.4, -0.2) is 55.5 Å². The number of rotatable bonds is 6. The van der Waals surface area contributed by atoms with Gasteiger partial charge in [0.1, 0.15) is 0 Å². The van der Waals surface area contributed by atoms with E-state index >= 15 is 0 Å². The van der Waals surface area contributed by atoms with Crippen molar-refractivity contribution in [3.63, 3.8) is 0 Å². The molecule has 2 aromatic carbocycles. The second-order valence-corrected chi connectivity index (χ2v) is 9.86. The minimum Gasteiger partial charge on any atom is -0.322 e. The Morgan fingerprint density at radius 1 is 1.10 bits per heavy atom. The molecule has 0 saturated carbocycles. The molecule has 0 unspecified atom stereocenters. The van der Waals surface area contributed by atoms with Gasteiger partial charge in [0.2, 0.25) is 10.0 Å². The predicted octanol–water partition coefficient (Wildman–Crippen LogP) is 3.37. The molecule has 0 aromatic heterocycles. The van der Waals surface area contributed by atoms with Gasteiger partial charge in [0.05, 0.1) is 5.75 Å². The lowest BCUT2D eigenvalue weighted by molar-refractivity contribution is 0.102. The molecule has 0 aliphatic carbocycles. The number of piperazine rings is 1. The number of amides is 1. The summed E-state index contributed by atoms with van der Waals surface area (Å²) < 4.78 is 25.5. The van der Waals surface area contributed by atoms with E-state index in [0.717, 1.165) is 11.1 Å². The average Bonchev–Trinajstić information content (AvgIpc) is 2.71. The van der Waals surface area contributed by atoms with E-state index in [1.54, 1.807) is 23.4 Å². The standard InChI is InChI=1S/C21H26ClN3O3S/c1-3-29(27,28)25-11-9-24(10-12-25)15-17-5-4-6-18(13-17)21(26)23-19-8-7-16(2)20(22)14-19/h4-8,13-14H,3,9-12,15H2,1-2H3,(H,23,26). The second-order valence-electron chi connectivity index (χ2n) is 7.19. The van der Waals surface area contributed by atoms with Crippen molar-refractivity contribution >= 4 is 33.2 Å². The Balaban J connectivity index is 1.61. The van der Waals surface area contributed by atoms with Crippen LogP contribution >= 0.6 is 11.6 Å². The van der Waals surface area contributed by atoms with Crippen LogP contribution in [-0.2, 0) is 16.6 Å². The van der Waals surface area contributed by atoms with E-state index in [2.05, 4.69) is 10.2 Å². The summed E-state index contributed by atoms with van der Waals surface area (Å²) in [5.41, 5.74) is 3.21. The molecule has 0 atom stereocenters. The van der Waals surface area contributed by atoms with Crippen molar-refractivity contribution in [3.05, 3.63) is 64.2 Å². The number of halogens is 1. The van der Waals surface area contributed by atoms with Gasteiger partial charge in [0.15, 0.2) is 0 Å². The molecule has 1 saturated heterocycles. The van der Waals surface area contributed by atoms with Crippen molar-refractivity contribution < 1.29 is 13.2 Å². The molecule has 1 amide bonds. The van der Waals surface area contributed by atoms with Crippen LogP contribution in [0.3, 0.4) is 0 Å². The minimum atomic E-state index is -3.13. The van der Waals surface area contributed by atoms with Gasteiger partial charge in [-0.05, 0) is 49.2 Å². The Labute approximate surface area is 177 Å². The van der Waals surface area contributed by atoms with Crippen LogP contribution < -0.4 is 5.32 Å². The first kappa shape index (κ1) is 21.8. The minimum absolute atomic E-state index is 0.135. The highest BCUT2D eigenvalue weighted by Gasteiger charge is 2.25. The lowest BCUT2D eigenvalue weighted by Gasteiger charge is -2.33. The topological polar surface area (TPSA) is 69.7 Å². The van der Waals surface area contributed by atoms with E-state index < -0.39 is 10.0 Å². The summed E-state index contributed by atoms with van der Waals surface area (Å²) in [6.45, 7) is 6.62. The van der Waals surface area contributed by atoms with Gasteiger partial charge in [0, 0.05) is 49.0 Å². The number of nitrogens with one attached hydrogen (secondary N) is 1. The first-order valence-electron chi connectivity index (χ1n) is 9.65. The number of benzene rings is 2. The molecule has 29 heavy (non-hydrogen) atoms. The van der Waals surface area contributed by atoms with Crippen LogP contribution in [0, 0.1) is 6.92 Å². The molecule has 3 rings (SSSR count). The lowest BCUT2D eigenvalue weighted by Crippen LogP contribution is -2.48. The number of anilines is 1. The zero-order valence-corrected chi connectivity index (χ0v) is 18.3. The third-order valence-corrected chi connectivity index (χ3v) is 7.40. The first-order chi connectivity index (χ1) is 13.8. The van der Waals surface area contributed by atoms with Crippen LogP contribution in [0.1, 0.15) is 28.4 Å². The van der Waals surface area contributed by atoms with Crippen molar-refractivity contribution in [2.45, 2.75) is 20.4 Å². The Bertz CT molecular complexity index is 986. The maximum absolute atomic E-state index is 12.6. The van der Waals surface area contributed by atoms with Crippen LogP contribution in [0.2, 0.25) is 5.02 Å². The number of sulfonamides is 1. The maximum atomic E-state index is 12.6. The van der Waals surface area contributed by atoms with E-state index in [-0.39, 0.29) is 11.7 Å². The van der Waals surface area contributed by atoms with Gasteiger partial charge in [-0.1, -0.05) is 29.8 Å². The predicted molar refractivity (Wildman–Crippen MR) is 117 cm³/mol. The van der Waals surface area contributed by atoms with Gasteiger partial charge < -0.3 is 5.32 Å². The lowest BCUT2D eigenvalue weighted by atomic mass is 10.1. The van der Waals surface area contributed by atoms with Gasteiger partial charge in [-0.15, -0.1) is 0 Å². The summed E-state index contributed by atoms with van der Waals surface area (Å²) in [5, 5.41) is 3.49. The third-order valence-electron chi connectivity index (χ3n) is 5.11. The number of hydrogen-bond donors (Lipinski definition) is 1. The molecule has 0 bridgehead atoms. The number of hydrogen-bond acceptors (Lipinski definition) is 4. The largest absolute Gasteiger partial charge is 0.322 e. The smallest absolute Gasteiger partial charge is 0.255 e. The Hall–Kier alpha value is -1.93. The Morgan fingerprint density at radius 2 is 1.83 bits per heavy atom.